The highest BCUT2D eigenvalue weighted by molar-refractivity contribution is 7.92. The van der Waals surface area contributed by atoms with E-state index in [2.05, 4.69) is 5.32 Å². The molecule has 2 amide bonds. The zero-order valence-corrected chi connectivity index (χ0v) is 25.2. The van der Waals surface area contributed by atoms with E-state index >= 15 is 0 Å². The van der Waals surface area contributed by atoms with E-state index in [0.717, 1.165) is 43.1 Å². The minimum atomic E-state index is -3.58. The van der Waals surface area contributed by atoms with E-state index in [-0.39, 0.29) is 49.6 Å². The third-order valence-corrected chi connectivity index (χ3v) is 8.87. The van der Waals surface area contributed by atoms with Gasteiger partial charge in [-0.1, -0.05) is 67.4 Å². The summed E-state index contributed by atoms with van der Waals surface area (Å²) in [7, 11) is -3.58. The van der Waals surface area contributed by atoms with E-state index in [0.29, 0.717) is 17.7 Å². The molecule has 4 rings (SSSR count). The van der Waals surface area contributed by atoms with Crippen LogP contribution in [-0.2, 0) is 32.6 Å². The molecule has 1 N–H and O–H groups in total. The van der Waals surface area contributed by atoms with Crippen LogP contribution in [0.15, 0.2) is 78.9 Å². The summed E-state index contributed by atoms with van der Waals surface area (Å²) in [4.78, 5) is 29.3. The summed E-state index contributed by atoms with van der Waals surface area (Å²) in [6.07, 6.45) is 5.73. The number of hydrogen-bond donors (Lipinski definition) is 1. The number of anilines is 1. The molecule has 1 saturated carbocycles. The molecule has 3 aromatic rings. The third-order valence-electron chi connectivity index (χ3n) is 7.68. The normalized spacial score (nSPS) is 14.4. The first-order valence-corrected chi connectivity index (χ1v) is 16.4. The van der Waals surface area contributed by atoms with Crippen LogP contribution in [0.3, 0.4) is 0 Å². The number of benzene rings is 3. The summed E-state index contributed by atoms with van der Waals surface area (Å²) < 4.78 is 40.3. The summed E-state index contributed by atoms with van der Waals surface area (Å²) in [5.74, 6) is -0.855. The van der Waals surface area contributed by atoms with Crippen molar-refractivity contribution in [3.8, 4) is 0 Å². The van der Waals surface area contributed by atoms with Gasteiger partial charge in [0.1, 0.15) is 11.9 Å². The Morgan fingerprint density at radius 2 is 1.64 bits per heavy atom. The molecule has 1 unspecified atom stereocenters. The average Bonchev–Trinajstić information content (AvgIpc) is 3.47. The van der Waals surface area contributed by atoms with Gasteiger partial charge >= 0.3 is 0 Å². The number of aryl methyl sites for hydroxylation is 1. The van der Waals surface area contributed by atoms with Gasteiger partial charge in [-0.05, 0) is 67.1 Å². The quantitative estimate of drug-likeness (QED) is 0.288. The number of hydrogen-bond acceptors (Lipinski definition) is 4. The number of amides is 2. The molecule has 0 heterocycles. The maximum absolute atomic E-state index is 13.9. The fourth-order valence-corrected chi connectivity index (χ4v) is 6.45. The van der Waals surface area contributed by atoms with Crippen molar-refractivity contribution in [2.24, 2.45) is 0 Å². The number of carbonyl (C=O) groups excluding carboxylic acids is 2. The summed E-state index contributed by atoms with van der Waals surface area (Å²) in [6.45, 7) is 2.14. The van der Waals surface area contributed by atoms with Gasteiger partial charge in [-0.25, -0.2) is 12.8 Å². The SMILES string of the molecule is Cc1cccc(N(CCCC(=O)N(Cc2ccc(F)cc2)C(Cc2ccccc2)C(=O)NC2CCCC2)S(C)(=O)=O)c1. The van der Waals surface area contributed by atoms with Crippen LogP contribution in [0.4, 0.5) is 10.1 Å². The van der Waals surface area contributed by atoms with E-state index in [1.54, 1.807) is 35.2 Å². The highest BCUT2D eigenvalue weighted by atomic mass is 32.2. The molecule has 1 aliphatic rings. The molecule has 224 valence electrons. The molecule has 3 aromatic carbocycles. The van der Waals surface area contributed by atoms with E-state index in [1.807, 2.05) is 43.3 Å². The average molecular weight is 594 g/mol. The standard InChI is InChI=1S/C33H40FN3O4S/c1-25-10-8-15-30(22-25)37(42(2,40)41)21-9-16-32(38)36(24-27-17-19-28(34)20-18-27)31(23-26-11-4-3-5-12-26)33(39)35-29-13-6-7-14-29/h3-5,8,10-12,15,17-20,22,29,31H,6-7,9,13-14,16,21,23-24H2,1-2H3,(H,35,39). The van der Waals surface area contributed by atoms with Crippen molar-refractivity contribution >= 4 is 27.5 Å². The van der Waals surface area contributed by atoms with Gasteiger partial charge < -0.3 is 10.2 Å². The Kier molecular flexibility index (Phi) is 10.7. The van der Waals surface area contributed by atoms with Gasteiger partial charge in [0, 0.05) is 32.0 Å². The van der Waals surface area contributed by atoms with Crippen LogP contribution in [0.5, 0.6) is 0 Å². The number of nitrogens with one attached hydrogen (secondary N) is 1. The van der Waals surface area contributed by atoms with Crippen molar-refractivity contribution in [2.45, 2.75) is 70.5 Å². The number of halogens is 1. The second-order valence-electron chi connectivity index (χ2n) is 11.1. The van der Waals surface area contributed by atoms with Gasteiger partial charge in [0.2, 0.25) is 21.8 Å². The molecular formula is C33H40FN3O4S. The number of nitrogens with zero attached hydrogens (tertiary/aromatic N) is 2. The Hall–Kier alpha value is -3.72. The second kappa shape index (κ2) is 14.4. The highest BCUT2D eigenvalue weighted by Crippen LogP contribution is 2.22. The number of sulfonamides is 1. The van der Waals surface area contributed by atoms with Crippen LogP contribution in [-0.4, -0.2) is 50.0 Å². The Morgan fingerprint density at radius 3 is 2.29 bits per heavy atom. The maximum atomic E-state index is 13.9. The van der Waals surface area contributed by atoms with Crippen molar-refractivity contribution in [1.29, 1.82) is 0 Å². The lowest BCUT2D eigenvalue weighted by Crippen LogP contribution is -2.52. The van der Waals surface area contributed by atoms with Gasteiger partial charge in [-0.3, -0.25) is 13.9 Å². The van der Waals surface area contributed by atoms with E-state index < -0.39 is 16.1 Å². The van der Waals surface area contributed by atoms with Crippen LogP contribution >= 0.6 is 0 Å². The fourth-order valence-electron chi connectivity index (χ4n) is 5.49. The van der Waals surface area contributed by atoms with Crippen LogP contribution in [0.25, 0.3) is 0 Å². The number of rotatable bonds is 13. The third kappa shape index (κ3) is 8.89. The Labute approximate surface area is 248 Å². The molecule has 1 fully saturated rings. The maximum Gasteiger partial charge on any atom is 0.243 e. The van der Waals surface area contributed by atoms with Gasteiger partial charge in [0.05, 0.1) is 11.9 Å². The molecule has 0 radical (unpaired) electrons. The molecule has 42 heavy (non-hydrogen) atoms. The Morgan fingerprint density at radius 1 is 0.952 bits per heavy atom. The Balaban J connectivity index is 1.58. The predicted octanol–water partition coefficient (Wildman–Crippen LogP) is 5.38. The number of carbonyl (C=O) groups is 2. The molecular weight excluding hydrogens is 553 g/mol. The minimum absolute atomic E-state index is 0.0427. The van der Waals surface area contributed by atoms with Crippen molar-refractivity contribution < 1.29 is 22.4 Å². The van der Waals surface area contributed by atoms with E-state index in [4.69, 9.17) is 0 Å². The van der Waals surface area contributed by atoms with Crippen LogP contribution in [0, 0.1) is 12.7 Å². The van der Waals surface area contributed by atoms with E-state index in [9.17, 15) is 22.4 Å². The highest BCUT2D eigenvalue weighted by Gasteiger charge is 2.32. The molecule has 1 aliphatic carbocycles. The Bertz CT molecular complexity index is 1440. The monoisotopic (exact) mass is 593 g/mol. The lowest BCUT2D eigenvalue weighted by atomic mass is 10.0. The van der Waals surface area contributed by atoms with Crippen LogP contribution < -0.4 is 9.62 Å². The fraction of sp³-hybridized carbons (Fsp3) is 0.394. The summed E-state index contributed by atoms with van der Waals surface area (Å²) >= 11 is 0. The minimum Gasteiger partial charge on any atom is -0.352 e. The zero-order valence-electron chi connectivity index (χ0n) is 24.3. The first-order valence-electron chi connectivity index (χ1n) is 14.5. The largest absolute Gasteiger partial charge is 0.352 e. The van der Waals surface area contributed by atoms with Gasteiger partial charge in [-0.15, -0.1) is 0 Å². The van der Waals surface area contributed by atoms with Crippen LogP contribution in [0.2, 0.25) is 0 Å². The summed E-state index contributed by atoms with van der Waals surface area (Å²) in [5.41, 5.74) is 3.10. The van der Waals surface area contributed by atoms with E-state index in [1.165, 1.54) is 16.4 Å². The molecule has 0 saturated heterocycles. The zero-order chi connectivity index (χ0) is 30.1. The second-order valence-corrected chi connectivity index (χ2v) is 13.0. The molecule has 0 aromatic heterocycles. The summed E-state index contributed by atoms with van der Waals surface area (Å²) in [6, 6.07) is 22.0. The lowest BCUT2D eigenvalue weighted by molar-refractivity contribution is -0.141. The predicted molar refractivity (Wildman–Crippen MR) is 164 cm³/mol. The molecule has 9 heteroatoms. The topological polar surface area (TPSA) is 86.8 Å². The van der Waals surface area contributed by atoms with Gasteiger partial charge in [0.15, 0.2) is 0 Å². The molecule has 1 atom stereocenters. The molecule has 0 spiro atoms. The van der Waals surface area contributed by atoms with Crippen molar-refractivity contribution in [3.63, 3.8) is 0 Å². The lowest BCUT2D eigenvalue weighted by Gasteiger charge is -2.33. The van der Waals surface area contributed by atoms with Gasteiger partial charge in [-0.2, -0.15) is 0 Å². The first-order chi connectivity index (χ1) is 20.1. The molecule has 0 bridgehead atoms. The molecule has 0 aliphatic heterocycles. The summed E-state index contributed by atoms with van der Waals surface area (Å²) in [5, 5.41) is 3.17. The van der Waals surface area contributed by atoms with Gasteiger partial charge in [0.25, 0.3) is 0 Å². The van der Waals surface area contributed by atoms with Crippen molar-refractivity contribution in [3.05, 3.63) is 101 Å². The smallest absolute Gasteiger partial charge is 0.243 e. The van der Waals surface area contributed by atoms with Crippen LogP contribution in [0.1, 0.15) is 55.2 Å². The first kappa shape index (κ1) is 31.2. The van der Waals surface area contributed by atoms with Crippen molar-refractivity contribution in [2.75, 3.05) is 17.1 Å². The van der Waals surface area contributed by atoms with Crippen molar-refractivity contribution in [1.82, 2.24) is 10.2 Å². The molecule has 7 nitrogen and oxygen atoms in total.